The molecule has 1 aromatic heterocycles. The molecule has 0 bridgehead atoms. The van der Waals surface area contributed by atoms with E-state index in [0.717, 1.165) is 22.3 Å². The third kappa shape index (κ3) is 2.16. The van der Waals surface area contributed by atoms with Crippen molar-refractivity contribution in [3.63, 3.8) is 0 Å². The van der Waals surface area contributed by atoms with E-state index >= 15 is 0 Å². The van der Waals surface area contributed by atoms with Crippen LogP contribution in [0, 0.1) is 11.3 Å². The number of rotatable bonds is 3. The Kier molecular flexibility index (Phi) is 2.91. The molecule has 0 saturated carbocycles. The lowest BCUT2D eigenvalue weighted by atomic mass is 10.0. The SMILES string of the molecule is N#Cc1ccc(OCc2ccco2)c2ccccc12. The summed E-state index contributed by atoms with van der Waals surface area (Å²) in [6, 6.07) is 17.2. The summed E-state index contributed by atoms with van der Waals surface area (Å²) in [5.74, 6) is 1.53. The number of furan rings is 1. The highest BCUT2D eigenvalue weighted by Crippen LogP contribution is 2.28. The smallest absolute Gasteiger partial charge is 0.146 e. The first kappa shape index (κ1) is 11.4. The van der Waals surface area contributed by atoms with Gasteiger partial charge in [0.1, 0.15) is 18.1 Å². The second-order valence-electron chi connectivity index (χ2n) is 4.14. The molecule has 19 heavy (non-hydrogen) atoms. The molecule has 2 aromatic carbocycles. The summed E-state index contributed by atoms with van der Waals surface area (Å²) >= 11 is 0. The first-order valence-electron chi connectivity index (χ1n) is 5.95. The monoisotopic (exact) mass is 249 g/mol. The van der Waals surface area contributed by atoms with E-state index in [0.29, 0.717) is 12.2 Å². The quantitative estimate of drug-likeness (QED) is 0.707. The van der Waals surface area contributed by atoms with Crippen molar-refractivity contribution in [1.29, 1.82) is 5.26 Å². The van der Waals surface area contributed by atoms with E-state index in [9.17, 15) is 0 Å². The lowest BCUT2D eigenvalue weighted by Gasteiger charge is -2.09. The summed E-state index contributed by atoms with van der Waals surface area (Å²) in [7, 11) is 0. The molecule has 92 valence electrons. The van der Waals surface area contributed by atoms with Gasteiger partial charge < -0.3 is 9.15 Å². The van der Waals surface area contributed by atoms with Gasteiger partial charge in [-0.25, -0.2) is 0 Å². The molecule has 0 aliphatic rings. The summed E-state index contributed by atoms with van der Waals surface area (Å²) in [5, 5.41) is 10.9. The molecule has 0 spiro atoms. The van der Waals surface area contributed by atoms with E-state index in [4.69, 9.17) is 14.4 Å². The van der Waals surface area contributed by atoms with E-state index in [1.165, 1.54) is 0 Å². The van der Waals surface area contributed by atoms with E-state index in [-0.39, 0.29) is 0 Å². The topological polar surface area (TPSA) is 46.2 Å². The van der Waals surface area contributed by atoms with Crippen LogP contribution in [0.15, 0.2) is 59.2 Å². The van der Waals surface area contributed by atoms with Crippen molar-refractivity contribution in [2.75, 3.05) is 0 Å². The van der Waals surface area contributed by atoms with E-state index in [2.05, 4.69) is 6.07 Å². The number of ether oxygens (including phenoxy) is 1. The molecule has 3 aromatic rings. The minimum atomic E-state index is 0.378. The van der Waals surface area contributed by atoms with Gasteiger partial charge in [0.2, 0.25) is 0 Å². The summed E-state index contributed by atoms with van der Waals surface area (Å²) < 4.78 is 11.0. The van der Waals surface area contributed by atoms with Crippen LogP contribution in [0.5, 0.6) is 5.75 Å². The van der Waals surface area contributed by atoms with Crippen LogP contribution in [0.25, 0.3) is 10.8 Å². The Morgan fingerprint density at radius 3 is 2.58 bits per heavy atom. The van der Waals surface area contributed by atoms with Gasteiger partial charge in [-0.15, -0.1) is 0 Å². The molecular weight excluding hydrogens is 238 g/mol. The van der Waals surface area contributed by atoms with Crippen LogP contribution in [0.4, 0.5) is 0 Å². The standard InChI is InChI=1S/C16H11NO2/c17-10-12-7-8-16(15-6-2-1-5-14(12)15)19-11-13-4-3-9-18-13/h1-9H,11H2. The second-order valence-corrected chi connectivity index (χ2v) is 4.14. The molecular formula is C16H11NO2. The van der Waals surface area contributed by atoms with Crippen LogP contribution in [-0.2, 0) is 6.61 Å². The zero-order valence-corrected chi connectivity index (χ0v) is 10.2. The van der Waals surface area contributed by atoms with Gasteiger partial charge in [0.05, 0.1) is 17.9 Å². The second kappa shape index (κ2) is 4.87. The van der Waals surface area contributed by atoms with Gasteiger partial charge in [-0.1, -0.05) is 24.3 Å². The Bertz CT molecular complexity index is 739. The zero-order chi connectivity index (χ0) is 13.1. The molecule has 3 nitrogen and oxygen atoms in total. The largest absolute Gasteiger partial charge is 0.485 e. The Balaban J connectivity index is 1.98. The Hall–Kier alpha value is -2.73. The highest BCUT2D eigenvalue weighted by atomic mass is 16.5. The zero-order valence-electron chi connectivity index (χ0n) is 10.2. The molecule has 3 rings (SSSR count). The Labute approximate surface area is 110 Å². The number of fused-ring (bicyclic) bond motifs is 1. The van der Waals surface area contributed by atoms with Crippen molar-refractivity contribution >= 4 is 10.8 Å². The van der Waals surface area contributed by atoms with Gasteiger partial charge >= 0.3 is 0 Å². The van der Waals surface area contributed by atoms with E-state index < -0.39 is 0 Å². The number of nitriles is 1. The van der Waals surface area contributed by atoms with E-state index in [1.54, 1.807) is 12.3 Å². The molecule has 0 amide bonds. The fourth-order valence-electron chi connectivity index (χ4n) is 2.04. The van der Waals surface area contributed by atoms with Crippen molar-refractivity contribution in [2.45, 2.75) is 6.61 Å². The van der Waals surface area contributed by atoms with Crippen molar-refractivity contribution in [1.82, 2.24) is 0 Å². The van der Waals surface area contributed by atoms with Gasteiger partial charge in [0, 0.05) is 10.8 Å². The van der Waals surface area contributed by atoms with Crippen LogP contribution >= 0.6 is 0 Å². The minimum absolute atomic E-state index is 0.378. The van der Waals surface area contributed by atoms with Crippen LogP contribution in [0.3, 0.4) is 0 Å². The fourth-order valence-corrected chi connectivity index (χ4v) is 2.04. The number of benzene rings is 2. The molecule has 0 fully saturated rings. The predicted molar refractivity (Wildman–Crippen MR) is 71.7 cm³/mol. The van der Waals surface area contributed by atoms with Crippen molar-refractivity contribution < 1.29 is 9.15 Å². The molecule has 0 aliphatic heterocycles. The van der Waals surface area contributed by atoms with Gasteiger partial charge in [-0.3, -0.25) is 0 Å². The third-order valence-electron chi connectivity index (χ3n) is 2.95. The van der Waals surface area contributed by atoms with Crippen molar-refractivity contribution in [3.8, 4) is 11.8 Å². The first-order chi connectivity index (χ1) is 9.38. The lowest BCUT2D eigenvalue weighted by Crippen LogP contribution is -1.95. The molecule has 0 unspecified atom stereocenters. The average molecular weight is 249 g/mol. The molecule has 1 heterocycles. The lowest BCUT2D eigenvalue weighted by molar-refractivity contribution is 0.273. The number of hydrogen-bond donors (Lipinski definition) is 0. The molecule has 0 aliphatic carbocycles. The summed E-state index contributed by atoms with van der Waals surface area (Å²) in [6.07, 6.45) is 1.62. The fraction of sp³-hybridized carbons (Fsp3) is 0.0625. The predicted octanol–water partition coefficient (Wildman–Crippen LogP) is 3.88. The maximum Gasteiger partial charge on any atom is 0.146 e. The van der Waals surface area contributed by atoms with E-state index in [1.807, 2.05) is 42.5 Å². The normalized spacial score (nSPS) is 10.3. The molecule has 0 atom stereocenters. The van der Waals surface area contributed by atoms with Gasteiger partial charge in [-0.05, 0) is 24.3 Å². The molecule has 0 radical (unpaired) electrons. The van der Waals surface area contributed by atoms with Gasteiger partial charge in [-0.2, -0.15) is 5.26 Å². The van der Waals surface area contributed by atoms with Crippen LogP contribution in [-0.4, -0.2) is 0 Å². The maximum atomic E-state index is 9.10. The first-order valence-corrected chi connectivity index (χ1v) is 5.95. The summed E-state index contributed by atoms with van der Waals surface area (Å²) in [4.78, 5) is 0. The highest BCUT2D eigenvalue weighted by Gasteiger charge is 2.07. The van der Waals surface area contributed by atoms with Crippen LogP contribution in [0.2, 0.25) is 0 Å². The maximum absolute atomic E-state index is 9.10. The summed E-state index contributed by atoms with van der Waals surface area (Å²) in [6.45, 7) is 0.378. The Morgan fingerprint density at radius 1 is 1.00 bits per heavy atom. The summed E-state index contributed by atoms with van der Waals surface area (Å²) in [5.41, 5.74) is 0.654. The number of hydrogen-bond acceptors (Lipinski definition) is 3. The highest BCUT2D eigenvalue weighted by molar-refractivity contribution is 5.92. The number of nitrogens with zero attached hydrogens (tertiary/aromatic N) is 1. The molecule has 0 N–H and O–H groups in total. The van der Waals surface area contributed by atoms with Gasteiger partial charge in [0.15, 0.2) is 0 Å². The van der Waals surface area contributed by atoms with Gasteiger partial charge in [0.25, 0.3) is 0 Å². The Morgan fingerprint density at radius 2 is 1.84 bits per heavy atom. The average Bonchev–Trinajstić information content (AvgIpc) is 2.98. The minimum Gasteiger partial charge on any atom is -0.485 e. The van der Waals surface area contributed by atoms with Crippen LogP contribution in [0.1, 0.15) is 11.3 Å². The van der Waals surface area contributed by atoms with Crippen LogP contribution < -0.4 is 4.74 Å². The van der Waals surface area contributed by atoms with Crippen molar-refractivity contribution in [3.05, 3.63) is 66.1 Å². The van der Waals surface area contributed by atoms with Crippen molar-refractivity contribution in [2.24, 2.45) is 0 Å². The third-order valence-corrected chi connectivity index (χ3v) is 2.95. The molecule has 3 heteroatoms. The molecule has 0 saturated heterocycles.